The molecule has 0 bridgehead atoms. The Morgan fingerprint density at radius 2 is 2.11 bits per heavy atom. The van der Waals surface area contributed by atoms with E-state index in [9.17, 15) is 9.59 Å². The number of likely N-dealkylation sites (N-methyl/N-ethyl adjacent to an activating group) is 1. The summed E-state index contributed by atoms with van der Waals surface area (Å²) < 4.78 is 1.43. The fourth-order valence-corrected chi connectivity index (χ4v) is 5.10. The lowest BCUT2D eigenvalue weighted by atomic mass is 10.2. The fraction of sp³-hybridized carbons (Fsp3) is 0.421. The second-order valence-corrected chi connectivity index (χ2v) is 8.65. The van der Waals surface area contributed by atoms with Crippen LogP contribution in [0, 0.1) is 0 Å². The van der Waals surface area contributed by atoms with Gasteiger partial charge < -0.3 is 9.80 Å². The molecular formula is C19H22N4O2S2. The Labute approximate surface area is 165 Å². The Kier molecular flexibility index (Phi) is 5.38. The molecule has 1 saturated heterocycles. The fourth-order valence-electron chi connectivity index (χ4n) is 3.38. The first-order valence-corrected chi connectivity index (χ1v) is 10.9. The van der Waals surface area contributed by atoms with Crippen LogP contribution in [-0.2, 0) is 11.3 Å². The molecule has 6 nitrogen and oxygen atoms in total. The molecule has 0 atom stereocenters. The van der Waals surface area contributed by atoms with E-state index in [0.29, 0.717) is 11.9 Å². The topological polar surface area (TPSA) is 58.4 Å². The van der Waals surface area contributed by atoms with Crippen LogP contribution >= 0.6 is 22.7 Å². The lowest BCUT2D eigenvalue weighted by molar-refractivity contribution is -0.130. The summed E-state index contributed by atoms with van der Waals surface area (Å²) in [5.41, 5.74) is 0.762. The van der Waals surface area contributed by atoms with E-state index in [0.717, 1.165) is 34.9 Å². The van der Waals surface area contributed by atoms with Crippen molar-refractivity contribution in [1.82, 2.24) is 19.4 Å². The maximum Gasteiger partial charge on any atom is 0.263 e. The standard InChI is InChI=1S/C19H22N4O2S2/c1-21(8-9-22-6-2-3-7-22)16(24)11-23-13-20-18-17(19(23)25)14(12-27-18)15-5-4-10-26-15/h4-5,10,12-13H,2-3,6-9,11H2,1H3. The van der Waals surface area contributed by atoms with Crippen molar-refractivity contribution in [2.75, 3.05) is 33.2 Å². The summed E-state index contributed by atoms with van der Waals surface area (Å²) in [5, 5.41) is 4.57. The first kappa shape index (κ1) is 18.3. The molecule has 3 aromatic rings. The summed E-state index contributed by atoms with van der Waals surface area (Å²) in [7, 11) is 1.80. The molecule has 1 aliphatic heterocycles. The maximum atomic E-state index is 13.0. The van der Waals surface area contributed by atoms with Crippen molar-refractivity contribution >= 4 is 38.8 Å². The number of carbonyl (C=O) groups is 1. The molecular weight excluding hydrogens is 380 g/mol. The zero-order valence-corrected chi connectivity index (χ0v) is 16.9. The van der Waals surface area contributed by atoms with Gasteiger partial charge in [0.15, 0.2) is 0 Å². The van der Waals surface area contributed by atoms with Gasteiger partial charge in [-0.05, 0) is 37.4 Å². The summed E-state index contributed by atoms with van der Waals surface area (Å²) in [6, 6.07) is 3.97. The van der Waals surface area contributed by atoms with Gasteiger partial charge >= 0.3 is 0 Å². The molecule has 1 fully saturated rings. The molecule has 0 saturated carbocycles. The van der Waals surface area contributed by atoms with Crippen molar-refractivity contribution in [2.24, 2.45) is 0 Å². The molecule has 4 rings (SSSR count). The minimum absolute atomic E-state index is 0.0258. The summed E-state index contributed by atoms with van der Waals surface area (Å²) >= 11 is 3.06. The summed E-state index contributed by atoms with van der Waals surface area (Å²) in [5.74, 6) is -0.0645. The number of carbonyl (C=O) groups excluding carboxylic acids is 1. The lowest BCUT2D eigenvalue weighted by Crippen LogP contribution is -2.38. The molecule has 0 radical (unpaired) electrons. The number of aromatic nitrogens is 2. The molecule has 1 amide bonds. The normalized spacial score (nSPS) is 14.9. The van der Waals surface area contributed by atoms with Gasteiger partial charge in [-0.2, -0.15) is 0 Å². The van der Waals surface area contributed by atoms with Gasteiger partial charge in [-0.3, -0.25) is 14.2 Å². The van der Waals surface area contributed by atoms with Crippen LogP contribution in [-0.4, -0.2) is 58.5 Å². The largest absolute Gasteiger partial charge is 0.343 e. The predicted octanol–water partition coefficient (Wildman–Crippen LogP) is 2.74. The van der Waals surface area contributed by atoms with E-state index in [1.165, 1.54) is 35.1 Å². The van der Waals surface area contributed by atoms with E-state index < -0.39 is 0 Å². The Bertz CT molecular complexity index is 987. The third-order valence-corrected chi connectivity index (χ3v) is 6.82. The van der Waals surface area contributed by atoms with Crippen molar-refractivity contribution in [3.8, 4) is 10.4 Å². The van der Waals surface area contributed by atoms with Crippen molar-refractivity contribution < 1.29 is 4.79 Å². The van der Waals surface area contributed by atoms with Crippen LogP contribution in [0.3, 0.4) is 0 Å². The molecule has 142 valence electrons. The Balaban J connectivity index is 1.51. The van der Waals surface area contributed by atoms with E-state index >= 15 is 0 Å². The molecule has 0 N–H and O–H groups in total. The highest BCUT2D eigenvalue weighted by Gasteiger charge is 2.18. The predicted molar refractivity (Wildman–Crippen MR) is 111 cm³/mol. The van der Waals surface area contributed by atoms with Gasteiger partial charge in [-0.1, -0.05) is 6.07 Å². The molecule has 4 heterocycles. The minimum Gasteiger partial charge on any atom is -0.343 e. The Hall–Kier alpha value is -2.03. The van der Waals surface area contributed by atoms with Gasteiger partial charge in [0.05, 0.1) is 11.7 Å². The van der Waals surface area contributed by atoms with E-state index in [4.69, 9.17) is 0 Å². The first-order valence-electron chi connectivity index (χ1n) is 9.10. The second-order valence-electron chi connectivity index (χ2n) is 6.85. The lowest BCUT2D eigenvalue weighted by Gasteiger charge is -2.21. The third-order valence-electron chi connectivity index (χ3n) is 5.03. The van der Waals surface area contributed by atoms with Crippen molar-refractivity contribution in [3.63, 3.8) is 0 Å². The molecule has 1 aliphatic rings. The highest BCUT2D eigenvalue weighted by atomic mass is 32.1. The molecule has 8 heteroatoms. The average molecular weight is 403 g/mol. The second kappa shape index (κ2) is 7.92. The number of rotatable bonds is 6. The van der Waals surface area contributed by atoms with Crippen LogP contribution in [0.25, 0.3) is 20.7 Å². The Morgan fingerprint density at radius 3 is 2.85 bits per heavy atom. The minimum atomic E-state index is -0.147. The summed E-state index contributed by atoms with van der Waals surface area (Å²) in [6.45, 7) is 3.83. The highest BCUT2D eigenvalue weighted by molar-refractivity contribution is 7.18. The van der Waals surface area contributed by atoms with E-state index in [-0.39, 0.29) is 18.0 Å². The number of nitrogens with zero attached hydrogens (tertiary/aromatic N) is 4. The van der Waals surface area contributed by atoms with Crippen LogP contribution in [0.15, 0.2) is 34.0 Å². The SMILES string of the molecule is CN(CCN1CCCC1)C(=O)Cn1cnc2scc(-c3cccs3)c2c1=O. The molecule has 3 aromatic heterocycles. The molecule has 27 heavy (non-hydrogen) atoms. The van der Waals surface area contributed by atoms with Crippen LogP contribution in [0.2, 0.25) is 0 Å². The van der Waals surface area contributed by atoms with E-state index in [2.05, 4.69) is 9.88 Å². The van der Waals surface area contributed by atoms with Crippen LogP contribution < -0.4 is 5.56 Å². The molecule has 0 unspecified atom stereocenters. The number of hydrogen-bond acceptors (Lipinski definition) is 6. The molecule has 0 aromatic carbocycles. The highest BCUT2D eigenvalue weighted by Crippen LogP contribution is 2.33. The number of fused-ring (bicyclic) bond motifs is 1. The third kappa shape index (κ3) is 3.83. The van der Waals surface area contributed by atoms with Crippen molar-refractivity contribution in [2.45, 2.75) is 19.4 Å². The smallest absolute Gasteiger partial charge is 0.263 e. The van der Waals surface area contributed by atoms with Crippen molar-refractivity contribution in [1.29, 1.82) is 0 Å². The van der Waals surface area contributed by atoms with Crippen LogP contribution in [0.5, 0.6) is 0 Å². The average Bonchev–Trinajstić information content (AvgIpc) is 3.42. The van der Waals surface area contributed by atoms with Gasteiger partial charge in [0.25, 0.3) is 5.56 Å². The van der Waals surface area contributed by atoms with Gasteiger partial charge in [0.2, 0.25) is 5.91 Å². The van der Waals surface area contributed by atoms with Gasteiger partial charge in [-0.15, -0.1) is 22.7 Å². The van der Waals surface area contributed by atoms with Gasteiger partial charge in [0.1, 0.15) is 11.4 Å². The van der Waals surface area contributed by atoms with Gasteiger partial charge in [-0.25, -0.2) is 4.98 Å². The maximum absolute atomic E-state index is 13.0. The Morgan fingerprint density at radius 1 is 1.30 bits per heavy atom. The number of thiophene rings is 2. The molecule has 0 aliphatic carbocycles. The number of amides is 1. The van der Waals surface area contributed by atoms with Crippen LogP contribution in [0.1, 0.15) is 12.8 Å². The monoisotopic (exact) mass is 402 g/mol. The number of likely N-dealkylation sites (tertiary alicyclic amines) is 1. The zero-order valence-electron chi connectivity index (χ0n) is 15.3. The van der Waals surface area contributed by atoms with Crippen LogP contribution in [0.4, 0.5) is 0 Å². The quantitative estimate of drug-likeness (QED) is 0.636. The zero-order chi connectivity index (χ0) is 18.8. The first-order chi connectivity index (χ1) is 13.1. The van der Waals surface area contributed by atoms with E-state index in [1.54, 1.807) is 23.3 Å². The molecule has 0 spiro atoms. The van der Waals surface area contributed by atoms with Crippen molar-refractivity contribution in [3.05, 3.63) is 39.6 Å². The summed E-state index contributed by atoms with van der Waals surface area (Å²) in [6.07, 6.45) is 3.98. The summed E-state index contributed by atoms with van der Waals surface area (Å²) in [4.78, 5) is 35.8. The van der Waals surface area contributed by atoms with Gasteiger partial charge in [0, 0.05) is 36.0 Å². The number of hydrogen-bond donors (Lipinski definition) is 0. The van der Waals surface area contributed by atoms with E-state index in [1.807, 2.05) is 22.9 Å².